The fraction of sp³-hybridized carbons (Fsp3) is 0.600. The zero-order chi connectivity index (χ0) is 12.9. The Morgan fingerprint density at radius 3 is 2.76 bits per heavy atom. The third-order valence-corrected chi connectivity index (χ3v) is 1.95. The van der Waals surface area contributed by atoms with Gasteiger partial charge in [0.05, 0.1) is 12.8 Å². The number of ether oxygens (including phenoxy) is 1. The van der Waals surface area contributed by atoms with Crippen molar-refractivity contribution in [2.45, 2.75) is 19.0 Å². The van der Waals surface area contributed by atoms with Crippen molar-refractivity contribution in [1.29, 1.82) is 0 Å². The van der Waals surface area contributed by atoms with Gasteiger partial charge in [-0.15, -0.1) is 0 Å². The van der Waals surface area contributed by atoms with Gasteiger partial charge in [-0.25, -0.2) is 0 Å². The van der Waals surface area contributed by atoms with Gasteiger partial charge >= 0.3 is 6.18 Å². The SMILES string of the molecule is Cn1cc(CC(=O)CCOCC(F)(F)F)cn1. The van der Waals surface area contributed by atoms with Crippen LogP contribution >= 0.6 is 0 Å². The molecular formula is C10H13F3N2O2. The summed E-state index contributed by atoms with van der Waals surface area (Å²) in [5.41, 5.74) is 0.744. The highest BCUT2D eigenvalue weighted by Crippen LogP contribution is 2.14. The average Bonchev–Trinajstić information content (AvgIpc) is 2.57. The predicted octanol–water partition coefficient (Wildman–Crippen LogP) is 1.50. The molecule has 17 heavy (non-hydrogen) atoms. The molecule has 0 aromatic carbocycles. The number of hydrogen-bond acceptors (Lipinski definition) is 3. The Labute approximate surface area is 96.4 Å². The Kier molecular flexibility index (Phi) is 4.68. The normalized spacial score (nSPS) is 11.8. The van der Waals surface area contributed by atoms with Crippen molar-refractivity contribution in [3.8, 4) is 0 Å². The lowest BCUT2D eigenvalue weighted by Crippen LogP contribution is -2.18. The second kappa shape index (κ2) is 5.81. The zero-order valence-corrected chi connectivity index (χ0v) is 9.33. The third kappa shape index (κ3) is 6.06. The number of alkyl halides is 3. The molecule has 0 amide bonds. The van der Waals surface area contributed by atoms with E-state index in [1.807, 2.05) is 0 Å². The van der Waals surface area contributed by atoms with E-state index in [-0.39, 0.29) is 25.2 Å². The summed E-state index contributed by atoms with van der Waals surface area (Å²) in [4.78, 5) is 11.3. The van der Waals surface area contributed by atoms with Crippen LogP contribution in [0.25, 0.3) is 0 Å². The van der Waals surface area contributed by atoms with E-state index in [0.717, 1.165) is 5.56 Å². The maximum absolute atomic E-state index is 11.7. The lowest BCUT2D eigenvalue weighted by Gasteiger charge is -2.06. The maximum Gasteiger partial charge on any atom is 0.411 e. The van der Waals surface area contributed by atoms with Gasteiger partial charge in [0.2, 0.25) is 0 Å². The van der Waals surface area contributed by atoms with Gasteiger partial charge < -0.3 is 4.74 Å². The van der Waals surface area contributed by atoms with Gasteiger partial charge in [-0.3, -0.25) is 9.48 Å². The monoisotopic (exact) mass is 250 g/mol. The van der Waals surface area contributed by atoms with Crippen molar-refractivity contribution in [2.24, 2.45) is 7.05 Å². The smallest absolute Gasteiger partial charge is 0.372 e. The number of ketones is 1. The van der Waals surface area contributed by atoms with Crippen LogP contribution in [0.15, 0.2) is 12.4 Å². The second-order valence-corrected chi connectivity index (χ2v) is 3.66. The number of carbonyl (C=O) groups excluding carboxylic acids is 1. The highest BCUT2D eigenvalue weighted by Gasteiger charge is 2.27. The van der Waals surface area contributed by atoms with Gasteiger partial charge in [0.25, 0.3) is 0 Å². The standard InChI is InChI=1S/C10H13F3N2O2/c1-15-6-8(5-14-15)4-9(16)2-3-17-7-10(11,12)13/h5-6H,2-4,7H2,1H3. The summed E-state index contributed by atoms with van der Waals surface area (Å²) in [5.74, 6) is -0.167. The Balaban J connectivity index is 2.18. The number of Topliss-reactive ketones (excluding diaryl/α,β-unsaturated/α-hetero) is 1. The Bertz CT molecular complexity index is 374. The van der Waals surface area contributed by atoms with Crippen LogP contribution in [0.1, 0.15) is 12.0 Å². The summed E-state index contributed by atoms with van der Waals surface area (Å²) in [5, 5.41) is 3.88. The molecule has 96 valence electrons. The first kappa shape index (κ1) is 13.7. The lowest BCUT2D eigenvalue weighted by molar-refractivity contribution is -0.174. The topological polar surface area (TPSA) is 44.1 Å². The zero-order valence-electron chi connectivity index (χ0n) is 9.33. The molecule has 0 unspecified atom stereocenters. The number of rotatable bonds is 6. The summed E-state index contributed by atoms with van der Waals surface area (Å²) < 4.78 is 41.0. The first-order valence-electron chi connectivity index (χ1n) is 5.00. The summed E-state index contributed by atoms with van der Waals surface area (Å²) in [7, 11) is 1.72. The van der Waals surface area contributed by atoms with Gasteiger partial charge in [0.1, 0.15) is 12.4 Å². The highest BCUT2D eigenvalue weighted by molar-refractivity contribution is 5.80. The van der Waals surface area contributed by atoms with E-state index in [9.17, 15) is 18.0 Å². The van der Waals surface area contributed by atoms with Crippen LogP contribution in [-0.4, -0.2) is 35.0 Å². The molecule has 0 aliphatic carbocycles. The molecule has 0 saturated carbocycles. The van der Waals surface area contributed by atoms with E-state index >= 15 is 0 Å². The quantitative estimate of drug-likeness (QED) is 0.719. The van der Waals surface area contributed by atoms with Crippen LogP contribution in [0.3, 0.4) is 0 Å². The summed E-state index contributed by atoms with van der Waals surface area (Å²) in [6.07, 6.45) is -0.955. The van der Waals surface area contributed by atoms with Crippen LogP contribution in [0.5, 0.6) is 0 Å². The fourth-order valence-corrected chi connectivity index (χ4v) is 1.25. The molecule has 0 N–H and O–H groups in total. The van der Waals surface area contributed by atoms with Gasteiger partial charge in [0.15, 0.2) is 0 Å². The van der Waals surface area contributed by atoms with Crippen LogP contribution < -0.4 is 0 Å². The van der Waals surface area contributed by atoms with E-state index in [2.05, 4.69) is 9.84 Å². The third-order valence-electron chi connectivity index (χ3n) is 1.95. The second-order valence-electron chi connectivity index (χ2n) is 3.66. The van der Waals surface area contributed by atoms with Crippen molar-refractivity contribution in [3.63, 3.8) is 0 Å². The summed E-state index contributed by atoms with van der Waals surface area (Å²) in [6, 6.07) is 0. The van der Waals surface area contributed by atoms with E-state index in [1.54, 1.807) is 24.1 Å². The minimum atomic E-state index is -4.34. The molecule has 0 spiro atoms. The molecule has 0 aliphatic rings. The maximum atomic E-state index is 11.7. The average molecular weight is 250 g/mol. The predicted molar refractivity (Wildman–Crippen MR) is 53.4 cm³/mol. The molecule has 1 aromatic rings. The summed E-state index contributed by atoms with van der Waals surface area (Å²) >= 11 is 0. The molecule has 1 aromatic heterocycles. The molecule has 1 rings (SSSR count). The van der Waals surface area contributed by atoms with Crippen molar-refractivity contribution in [2.75, 3.05) is 13.2 Å². The molecule has 0 fully saturated rings. The van der Waals surface area contributed by atoms with E-state index < -0.39 is 12.8 Å². The molecule has 7 heteroatoms. The largest absolute Gasteiger partial charge is 0.411 e. The number of aromatic nitrogens is 2. The molecule has 4 nitrogen and oxygen atoms in total. The molecule has 1 heterocycles. The Morgan fingerprint density at radius 2 is 2.24 bits per heavy atom. The Hall–Kier alpha value is -1.37. The summed E-state index contributed by atoms with van der Waals surface area (Å²) in [6.45, 7) is -1.52. The van der Waals surface area contributed by atoms with E-state index in [4.69, 9.17) is 0 Å². The van der Waals surface area contributed by atoms with Gasteiger partial charge in [-0.05, 0) is 5.56 Å². The molecule has 0 aliphatic heterocycles. The van der Waals surface area contributed by atoms with Gasteiger partial charge in [0, 0.05) is 26.1 Å². The first-order valence-corrected chi connectivity index (χ1v) is 5.00. The Morgan fingerprint density at radius 1 is 1.53 bits per heavy atom. The number of halogens is 3. The van der Waals surface area contributed by atoms with Gasteiger partial charge in [-0.2, -0.15) is 18.3 Å². The van der Waals surface area contributed by atoms with Crippen LogP contribution in [0, 0.1) is 0 Å². The van der Waals surface area contributed by atoms with Crippen molar-refractivity contribution in [3.05, 3.63) is 18.0 Å². The fourth-order valence-electron chi connectivity index (χ4n) is 1.25. The van der Waals surface area contributed by atoms with Crippen LogP contribution in [-0.2, 0) is 23.0 Å². The van der Waals surface area contributed by atoms with Crippen molar-refractivity contribution >= 4 is 5.78 Å². The number of nitrogens with zero attached hydrogens (tertiary/aromatic N) is 2. The lowest BCUT2D eigenvalue weighted by atomic mass is 10.1. The van der Waals surface area contributed by atoms with Crippen molar-refractivity contribution < 1.29 is 22.7 Å². The molecule has 0 saturated heterocycles. The van der Waals surface area contributed by atoms with E-state index in [1.165, 1.54) is 0 Å². The molecule has 0 atom stereocenters. The van der Waals surface area contributed by atoms with Crippen molar-refractivity contribution in [1.82, 2.24) is 9.78 Å². The van der Waals surface area contributed by atoms with Crippen LogP contribution in [0.4, 0.5) is 13.2 Å². The first-order chi connectivity index (χ1) is 7.87. The minimum Gasteiger partial charge on any atom is -0.372 e. The number of aryl methyl sites for hydroxylation is 1. The molecule has 0 radical (unpaired) electrons. The van der Waals surface area contributed by atoms with Gasteiger partial charge in [-0.1, -0.05) is 0 Å². The molecular weight excluding hydrogens is 237 g/mol. The van der Waals surface area contributed by atoms with E-state index in [0.29, 0.717) is 0 Å². The highest BCUT2D eigenvalue weighted by atomic mass is 19.4. The minimum absolute atomic E-state index is 0.0228. The number of carbonyl (C=O) groups is 1. The number of hydrogen-bond donors (Lipinski definition) is 0. The molecule has 0 bridgehead atoms. The van der Waals surface area contributed by atoms with Crippen LogP contribution in [0.2, 0.25) is 0 Å².